The summed E-state index contributed by atoms with van der Waals surface area (Å²) < 4.78 is 5.52. The third-order valence-corrected chi connectivity index (χ3v) is 7.08. The lowest BCUT2D eigenvalue weighted by Gasteiger charge is -2.22. The Morgan fingerprint density at radius 2 is 1.91 bits per heavy atom. The molecule has 1 aliphatic rings. The van der Waals surface area contributed by atoms with Crippen molar-refractivity contribution in [3.8, 4) is 0 Å². The number of carbonyl (C=O) groups is 2. The largest absolute Gasteiger partial charge is 0.448 e. The van der Waals surface area contributed by atoms with Crippen molar-refractivity contribution in [1.29, 1.82) is 0 Å². The number of para-hydroxylation sites is 1. The van der Waals surface area contributed by atoms with Crippen LogP contribution in [0.15, 0.2) is 109 Å². The quantitative estimate of drug-likeness (QED) is 0.0715. The number of carbonyl (C=O) groups excluding carboxylic acids is 2. The zero-order chi connectivity index (χ0) is 30.3. The van der Waals surface area contributed by atoms with Crippen LogP contribution in [0.5, 0.6) is 0 Å². The molecular weight excluding hydrogens is 542 g/mol. The van der Waals surface area contributed by atoms with Crippen LogP contribution in [0.3, 0.4) is 0 Å². The second-order valence-corrected chi connectivity index (χ2v) is 10.2. The number of fused-ring (bicyclic) bond motifs is 1. The van der Waals surface area contributed by atoms with E-state index in [2.05, 4.69) is 45.4 Å². The molecule has 2 heterocycles. The molecule has 0 atom stereocenters. The molecule has 224 valence electrons. The number of aromatic amines is 1. The monoisotopic (exact) mass is 581 g/mol. The number of aromatic nitrogens is 1. The average Bonchev–Trinajstić information content (AvgIpc) is 3.66. The summed E-state index contributed by atoms with van der Waals surface area (Å²) in [6.07, 6.45) is 16.5. The number of allylic oxidation sites excluding steroid dienone is 5. The highest BCUT2D eigenvalue weighted by atomic mass is 16.5. The van der Waals surface area contributed by atoms with E-state index in [1.54, 1.807) is 17.6 Å². The van der Waals surface area contributed by atoms with Crippen molar-refractivity contribution in [2.45, 2.75) is 25.8 Å². The number of hydrogen-bond donors (Lipinski definition) is 5. The van der Waals surface area contributed by atoms with Gasteiger partial charge in [0.1, 0.15) is 6.61 Å². The predicted octanol–water partition coefficient (Wildman–Crippen LogP) is 5.35. The van der Waals surface area contributed by atoms with Crippen molar-refractivity contribution in [1.82, 2.24) is 26.0 Å². The number of hydroxylamine groups is 1. The Balaban J connectivity index is 1.27. The highest BCUT2D eigenvalue weighted by Crippen LogP contribution is 2.20. The molecule has 0 saturated heterocycles. The van der Waals surface area contributed by atoms with Crippen LogP contribution >= 0.6 is 0 Å². The third kappa shape index (κ3) is 10.2. The molecule has 9 heteroatoms. The maximum absolute atomic E-state index is 12.4. The van der Waals surface area contributed by atoms with Gasteiger partial charge in [-0.2, -0.15) is 0 Å². The van der Waals surface area contributed by atoms with Crippen LogP contribution in [-0.2, 0) is 22.5 Å². The van der Waals surface area contributed by atoms with E-state index < -0.39 is 12.0 Å². The number of hydrogen-bond acceptors (Lipinski definition) is 6. The van der Waals surface area contributed by atoms with Crippen molar-refractivity contribution in [3.63, 3.8) is 0 Å². The van der Waals surface area contributed by atoms with Crippen LogP contribution in [-0.4, -0.2) is 53.3 Å². The summed E-state index contributed by atoms with van der Waals surface area (Å²) in [5.74, 6) is -0.580. The molecule has 0 radical (unpaired) electrons. The lowest BCUT2D eigenvalue weighted by atomic mass is 10.1. The van der Waals surface area contributed by atoms with Crippen molar-refractivity contribution in [2.24, 2.45) is 0 Å². The predicted molar refractivity (Wildman–Crippen MR) is 170 cm³/mol. The van der Waals surface area contributed by atoms with Gasteiger partial charge in [-0.15, -0.1) is 0 Å². The van der Waals surface area contributed by atoms with Gasteiger partial charge in [-0.1, -0.05) is 67.3 Å². The number of nitrogens with one attached hydrogen (secondary N) is 4. The number of amides is 2. The Morgan fingerprint density at radius 3 is 2.72 bits per heavy atom. The number of ether oxygens (including phenoxy) is 1. The molecule has 2 amide bonds. The van der Waals surface area contributed by atoms with Gasteiger partial charge in [0.15, 0.2) is 0 Å². The number of alkyl carbamates (subject to hydrolysis) is 1. The summed E-state index contributed by atoms with van der Waals surface area (Å²) >= 11 is 0. The molecule has 2 aromatic carbocycles. The topological polar surface area (TPSA) is 119 Å². The summed E-state index contributed by atoms with van der Waals surface area (Å²) in [6, 6.07) is 16.1. The Hall–Kier alpha value is -4.86. The van der Waals surface area contributed by atoms with E-state index in [0.29, 0.717) is 19.6 Å². The second kappa shape index (κ2) is 16.5. The third-order valence-electron chi connectivity index (χ3n) is 7.08. The van der Waals surface area contributed by atoms with E-state index in [-0.39, 0.29) is 6.61 Å². The van der Waals surface area contributed by atoms with Crippen LogP contribution in [0.4, 0.5) is 4.79 Å². The summed E-state index contributed by atoms with van der Waals surface area (Å²) in [6.45, 7) is 6.48. The highest BCUT2D eigenvalue weighted by molar-refractivity contribution is 5.90. The van der Waals surface area contributed by atoms with Gasteiger partial charge < -0.3 is 20.4 Å². The van der Waals surface area contributed by atoms with Gasteiger partial charge in [0.2, 0.25) is 0 Å². The molecule has 4 rings (SSSR count). The van der Waals surface area contributed by atoms with Crippen LogP contribution in [0, 0.1) is 0 Å². The lowest BCUT2D eigenvalue weighted by Crippen LogP contribution is -2.32. The van der Waals surface area contributed by atoms with E-state index in [9.17, 15) is 9.59 Å². The molecule has 9 nitrogen and oxygen atoms in total. The van der Waals surface area contributed by atoms with Crippen LogP contribution < -0.4 is 16.1 Å². The first-order valence-corrected chi connectivity index (χ1v) is 14.4. The number of nitrogens with zero attached hydrogens (tertiary/aromatic N) is 1. The zero-order valence-electron chi connectivity index (χ0n) is 24.2. The van der Waals surface area contributed by atoms with Crippen molar-refractivity contribution in [2.75, 3.05) is 26.2 Å². The molecule has 0 saturated carbocycles. The van der Waals surface area contributed by atoms with Gasteiger partial charge in [0, 0.05) is 67.7 Å². The molecular formula is C34H39N5O4. The smallest absolute Gasteiger partial charge is 0.407 e. The number of benzene rings is 2. The zero-order valence-corrected chi connectivity index (χ0v) is 24.2. The van der Waals surface area contributed by atoms with Crippen molar-refractivity contribution >= 4 is 29.0 Å². The van der Waals surface area contributed by atoms with E-state index in [1.807, 2.05) is 60.8 Å². The van der Waals surface area contributed by atoms with Gasteiger partial charge in [-0.25, -0.2) is 10.3 Å². The standard InChI is InChI=1S/C34H39N5O4/c1-2-3-4-7-30-22-28(23-36-30)16-18-35-34(41)43-21-20-39(19-17-29-24-37-32-9-6-5-8-31(29)32)25-27-12-10-26(11-13-27)14-15-33(40)38-42/h2-15,23-24,36-37,42H,1,16-22,25H2,(H,35,41)(H,38,40)/b4-3-,15-14+,30-7+. The van der Waals surface area contributed by atoms with E-state index in [4.69, 9.17) is 9.94 Å². The maximum atomic E-state index is 12.4. The molecule has 0 unspecified atom stereocenters. The molecule has 5 N–H and O–H groups in total. The van der Waals surface area contributed by atoms with Crippen molar-refractivity contribution < 1.29 is 19.5 Å². The first kappa shape index (κ1) is 31.1. The van der Waals surface area contributed by atoms with Gasteiger partial charge >= 0.3 is 6.09 Å². The lowest BCUT2D eigenvalue weighted by molar-refractivity contribution is -0.124. The van der Waals surface area contributed by atoms with E-state index in [0.717, 1.165) is 48.1 Å². The summed E-state index contributed by atoms with van der Waals surface area (Å²) in [7, 11) is 0. The summed E-state index contributed by atoms with van der Waals surface area (Å²) in [5, 5.41) is 16.0. The first-order valence-electron chi connectivity index (χ1n) is 14.4. The molecule has 0 bridgehead atoms. The summed E-state index contributed by atoms with van der Waals surface area (Å²) in [5.41, 5.74) is 8.22. The molecule has 0 fully saturated rings. The fourth-order valence-electron chi connectivity index (χ4n) is 4.79. The first-order chi connectivity index (χ1) is 21.0. The van der Waals surface area contributed by atoms with Crippen LogP contribution in [0.1, 0.15) is 29.5 Å². The molecule has 0 spiro atoms. The molecule has 1 aromatic heterocycles. The minimum Gasteiger partial charge on any atom is -0.448 e. The Bertz CT molecular complexity index is 1500. The van der Waals surface area contributed by atoms with E-state index >= 15 is 0 Å². The fourth-order valence-corrected chi connectivity index (χ4v) is 4.79. The van der Waals surface area contributed by atoms with Gasteiger partial charge in [0.05, 0.1) is 0 Å². The molecule has 3 aromatic rings. The molecule has 43 heavy (non-hydrogen) atoms. The SMILES string of the molecule is C=C/C=C\C=C1/CC(CCNC(=O)OCCN(CCc2c[nH]c3ccccc23)Cc2ccc(/C=C/C(=O)NO)cc2)=CN1. The molecule has 0 aliphatic carbocycles. The summed E-state index contributed by atoms with van der Waals surface area (Å²) in [4.78, 5) is 29.2. The molecule has 1 aliphatic heterocycles. The van der Waals surface area contributed by atoms with E-state index in [1.165, 1.54) is 22.6 Å². The average molecular weight is 582 g/mol. The minimum absolute atomic E-state index is 0.267. The van der Waals surface area contributed by atoms with Gasteiger partial charge in [-0.3, -0.25) is 14.9 Å². The van der Waals surface area contributed by atoms with Crippen LogP contribution in [0.2, 0.25) is 0 Å². The van der Waals surface area contributed by atoms with Gasteiger partial charge in [0.25, 0.3) is 5.91 Å². The number of H-pyrrole nitrogens is 1. The highest BCUT2D eigenvalue weighted by Gasteiger charge is 2.12. The normalized spacial score (nSPS) is 14.0. The second-order valence-electron chi connectivity index (χ2n) is 10.2. The number of rotatable bonds is 15. The van der Waals surface area contributed by atoms with Gasteiger partial charge in [-0.05, 0) is 53.3 Å². The fraction of sp³-hybridized carbons (Fsp3) is 0.235. The minimum atomic E-state index is -0.580. The van der Waals surface area contributed by atoms with Crippen molar-refractivity contribution in [3.05, 3.63) is 126 Å². The maximum Gasteiger partial charge on any atom is 0.407 e. The Morgan fingerprint density at radius 1 is 1.07 bits per heavy atom. The Labute approximate surface area is 252 Å². The van der Waals surface area contributed by atoms with Crippen LogP contribution in [0.25, 0.3) is 17.0 Å². The Kier molecular flexibility index (Phi) is 12.0.